The van der Waals surface area contributed by atoms with Gasteiger partial charge >= 0.3 is 5.97 Å². The number of carboxylic acid groups (broad SMARTS) is 1. The van der Waals surface area contributed by atoms with Crippen molar-refractivity contribution in [3.05, 3.63) is 126 Å². The number of amides is 1. The number of allylic oxidation sites excluding steroid dienone is 2. The summed E-state index contributed by atoms with van der Waals surface area (Å²) < 4.78 is 12.9. The standard InChI is InChI=1S/C35H35NO5/c1-2-3-17-31-29(28-16-10-11-18-30(28)41-31)23-35(36-33(37)22-34(38)39)20-19-27(26-14-8-5-9-15-26)21-32(35)40-24-25-12-6-4-7-13-25/h4-16,18-21,32H,2-3,17,22-24H2,1H3,(H,36,37)(H,38,39). The van der Waals surface area contributed by atoms with Crippen LogP contribution in [-0.4, -0.2) is 28.6 Å². The van der Waals surface area contributed by atoms with E-state index in [0.717, 1.165) is 58.3 Å². The molecule has 6 heteroatoms. The molecule has 1 aliphatic carbocycles. The van der Waals surface area contributed by atoms with Crippen molar-refractivity contribution < 1.29 is 23.8 Å². The molecule has 1 heterocycles. The molecule has 5 rings (SSSR count). The molecule has 41 heavy (non-hydrogen) atoms. The lowest BCUT2D eigenvalue weighted by Crippen LogP contribution is -2.58. The normalized spacial score (nSPS) is 18.3. The minimum atomic E-state index is -1.18. The number of benzene rings is 3. The number of nitrogens with one attached hydrogen (secondary N) is 1. The maximum atomic E-state index is 13.1. The second kappa shape index (κ2) is 12.8. The molecule has 0 radical (unpaired) electrons. The number of rotatable bonds is 12. The van der Waals surface area contributed by atoms with Crippen molar-refractivity contribution in [1.29, 1.82) is 0 Å². The molecule has 3 aromatic carbocycles. The molecule has 1 amide bonds. The minimum absolute atomic E-state index is 0.323. The quantitative estimate of drug-likeness (QED) is 0.188. The van der Waals surface area contributed by atoms with E-state index in [1.165, 1.54) is 0 Å². The molecule has 0 saturated carbocycles. The molecule has 0 bridgehead atoms. The lowest BCUT2D eigenvalue weighted by molar-refractivity contribution is -0.141. The third kappa shape index (κ3) is 6.67. The molecule has 1 aromatic heterocycles. The number of ether oxygens (including phenoxy) is 1. The highest BCUT2D eigenvalue weighted by atomic mass is 16.5. The van der Waals surface area contributed by atoms with Gasteiger partial charge in [-0.15, -0.1) is 0 Å². The molecule has 1 aliphatic rings. The van der Waals surface area contributed by atoms with Gasteiger partial charge in [-0.1, -0.05) is 104 Å². The first-order valence-corrected chi connectivity index (χ1v) is 14.1. The number of hydrogen-bond donors (Lipinski definition) is 2. The smallest absolute Gasteiger partial charge is 0.312 e. The third-order valence-corrected chi connectivity index (χ3v) is 7.47. The summed E-state index contributed by atoms with van der Waals surface area (Å²) in [6.07, 6.45) is 7.90. The highest BCUT2D eigenvalue weighted by molar-refractivity contribution is 5.94. The molecule has 0 spiro atoms. The van der Waals surface area contributed by atoms with Crippen molar-refractivity contribution in [2.75, 3.05) is 0 Å². The number of carbonyl (C=O) groups is 2. The van der Waals surface area contributed by atoms with Crippen molar-refractivity contribution in [2.45, 2.75) is 57.3 Å². The highest BCUT2D eigenvalue weighted by Gasteiger charge is 2.42. The van der Waals surface area contributed by atoms with Gasteiger partial charge < -0.3 is 19.6 Å². The first kappa shape index (κ1) is 28.1. The largest absolute Gasteiger partial charge is 0.481 e. The summed E-state index contributed by atoms with van der Waals surface area (Å²) in [4.78, 5) is 24.6. The molecule has 0 fully saturated rings. The summed E-state index contributed by atoms with van der Waals surface area (Å²) in [5, 5.41) is 13.5. The fraction of sp³-hybridized carbons (Fsp3) is 0.257. The van der Waals surface area contributed by atoms with Crippen molar-refractivity contribution in [2.24, 2.45) is 0 Å². The molecule has 4 aromatic rings. The number of carboxylic acids is 1. The molecular formula is C35H35NO5. The summed E-state index contributed by atoms with van der Waals surface area (Å²) in [5.41, 5.74) is 3.74. The Hall–Kier alpha value is -4.42. The van der Waals surface area contributed by atoms with E-state index in [1.807, 2.05) is 103 Å². The van der Waals surface area contributed by atoms with Crippen LogP contribution in [0.2, 0.25) is 0 Å². The number of unbranched alkanes of at least 4 members (excludes halogenated alkanes) is 1. The van der Waals surface area contributed by atoms with E-state index >= 15 is 0 Å². The summed E-state index contributed by atoms with van der Waals surface area (Å²) >= 11 is 0. The van der Waals surface area contributed by atoms with Gasteiger partial charge in [0.05, 0.1) is 12.1 Å². The van der Waals surface area contributed by atoms with Gasteiger partial charge in [0.1, 0.15) is 23.9 Å². The Balaban J connectivity index is 1.60. The predicted molar refractivity (Wildman–Crippen MR) is 160 cm³/mol. The average Bonchev–Trinajstić information content (AvgIpc) is 3.32. The van der Waals surface area contributed by atoms with Crippen LogP contribution in [0.1, 0.15) is 48.6 Å². The van der Waals surface area contributed by atoms with Crippen molar-refractivity contribution in [3.63, 3.8) is 0 Å². The number of furan rings is 1. The molecule has 0 saturated heterocycles. The zero-order valence-electron chi connectivity index (χ0n) is 23.2. The van der Waals surface area contributed by atoms with Gasteiger partial charge in [0.25, 0.3) is 0 Å². The number of para-hydroxylation sites is 1. The number of carbonyl (C=O) groups excluding carboxylic acids is 1. The molecule has 210 valence electrons. The van der Waals surface area contributed by atoms with Crippen LogP contribution in [-0.2, 0) is 33.8 Å². The Labute approximate surface area is 240 Å². The van der Waals surface area contributed by atoms with Crippen LogP contribution in [0.4, 0.5) is 0 Å². The summed E-state index contributed by atoms with van der Waals surface area (Å²) in [7, 11) is 0. The average molecular weight is 550 g/mol. The van der Waals surface area contributed by atoms with Gasteiger partial charge in [0.2, 0.25) is 5.91 Å². The fourth-order valence-corrected chi connectivity index (χ4v) is 5.41. The maximum Gasteiger partial charge on any atom is 0.312 e. The van der Waals surface area contributed by atoms with Crippen molar-refractivity contribution in [3.8, 4) is 0 Å². The number of aliphatic carboxylic acids is 1. The first-order valence-electron chi connectivity index (χ1n) is 14.1. The van der Waals surface area contributed by atoms with E-state index in [0.29, 0.717) is 13.0 Å². The lowest BCUT2D eigenvalue weighted by Gasteiger charge is -2.40. The summed E-state index contributed by atoms with van der Waals surface area (Å²) in [5.74, 6) is -0.875. The van der Waals surface area contributed by atoms with Gasteiger partial charge in [-0.25, -0.2) is 0 Å². The molecule has 2 N–H and O–H groups in total. The third-order valence-electron chi connectivity index (χ3n) is 7.47. The van der Waals surface area contributed by atoms with Crippen LogP contribution in [0, 0.1) is 0 Å². The summed E-state index contributed by atoms with van der Waals surface area (Å²) in [6, 6.07) is 27.8. The minimum Gasteiger partial charge on any atom is -0.481 e. The van der Waals surface area contributed by atoms with Gasteiger partial charge in [-0.3, -0.25) is 9.59 Å². The van der Waals surface area contributed by atoms with E-state index in [9.17, 15) is 14.7 Å². The van der Waals surface area contributed by atoms with Gasteiger partial charge in [0, 0.05) is 23.8 Å². The van der Waals surface area contributed by atoms with Crippen LogP contribution >= 0.6 is 0 Å². The van der Waals surface area contributed by atoms with Crippen molar-refractivity contribution >= 4 is 28.4 Å². The second-order valence-corrected chi connectivity index (χ2v) is 10.5. The van der Waals surface area contributed by atoms with E-state index < -0.39 is 29.9 Å². The fourth-order valence-electron chi connectivity index (χ4n) is 5.41. The van der Waals surface area contributed by atoms with Gasteiger partial charge in [0.15, 0.2) is 0 Å². The van der Waals surface area contributed by atoms with Crippen LogP contribution in [0.25, 0.3) is 16.5 Å². The predicted octanol–water partition coefficient (Wildman–Crippen LogP) is 6.89. The Morgan fingerprint density at radius 3 is 2.41 bits per heavy atom. The molecule has 0 aliphatic heterocycles. The Kier molecular flexibility index (Phi) is 8.80. The molecule has 2 atom stereocenters. The monoisotopic (exact) mass is 549 g/mol. The van der Waals surface area contributed by atoms with Crippen LogP contribution in [0.15, 0.2) is 108 Å². The van der Waals surface area contributed by atoms with E-state index in [4.69, 9.17) is 9.15 Å². The van der Waals surface area contributed by atoms with Crippen molar-refractivity contribution in [1.82, 2.24) is 5.32 Å². The first-order chi connectivity index (χ1) is 20.0. The molecular weight excluding hydrogens is 514 g/mol. The van der Waals surface area contributed by atoms with Gasteiger partial charge in [-0.2, -0.15) is 0 Å². The Morgan fingerprint density at radius 1 is 0.976 bits per heavy atom. The number of fused-ring (bicyclic) bond motifs is 1. The zero-order chi connectivity index (χ0) is 28.7. The molecule has 2 unspecified atom stereocenters. The Bertz CT molecular complexity index is 1550. The second-order valence-electron chi connectivity index (χ2n) is 10.5. The molecule has 6 nitrogen and oxygen atoms in total. The van der Waals surface area contributed by atoms with E-state index in [2.05, 4.69) is 12.2 Å². The number of hydrogen-bond acceptors (Lipinski definition) is 4. The topological polar surface area (TPSA) is 88.8 Å². The van der Waals surface area contributed by atoms with E-state index in [1.54, 1.807) is 0 Å². The lowest BCUT2D eigenvalue weighted by atomic mass is 9.78. The zero-order valence-corrected chi connectivity index (χ0v) is 23.2. The van der Waals surface area contributed by atoms with Crippen LogP contribution in [0.5, 0.6) is 0 Å². The van der Waals surface area contributed by atoms with Crippen LogP contribution < -0.4 is 5.32 Å². The Morgan fingerprint density at radius 2 is 1.68 bits per heavy atom. The van der Waals surface area contributed by atoms with E-state index in [-0.39, 0.29) is 0 Å². The maximum absolute atomic E-state index is 13.1. The van der Waals surface area contributed by atoms with Gasteiger partial charge in [-0.05, 0) is 35.3 Å². The SMILES string of the molecule is CCCCc1oc2ccccc2c1CC1(NC(=O)CC(=O)O)C=CC(c2ccccc2)=CC1OCc1ccccc1. The summed E-state index contributed by atoms with van der Waals surface area (Å²) in [6.45, 7) is 2.46. The number of aryl methyl sites for hydroxylation is 1. The van der Waals surface area contributed by atoms with Crippen LogP contribution in [0.3, 0.4) is 0 Å². The highest BCUT2D eigenvalue weighted by Crippen LogP contribution is 2.37.